The third-order valence-electron chi connectivity index (χ3n) is 7.55. The van der Waals surface area contributed by atoms with Gasteiger partial charge in [0.15, 0.2) is 0 Å². The van der Waals surface area contributed by atoms with Crippen LogP contribution in [0.15, 0.2) is 43.0 Å². The normalized spacial score (nSPS) is 19.2. The lowest BCUT2D eigenvalue weighted by atomic mass is 9.70. The van der Waals surface area contributed by atoms with Crippen LogP contribution in [0.1, 0.15) is 46.6 Å². The van der Waals surface area contributed by atoms with E-state index in [1.54, 1.807) is 40.7 Å². The fraction of sp³-hybridized carbons (Fsp3) is 0.600. The number of rotatable bonds is 14. The van der Waals surface area contributed by atoms with Crippen molar-refractivity contribution in [3.05, 3.63) is 48.6 Å². The van der Waals surface area contributed by atoms with Gasteiger partial charge in [-0.05, 0) is 24.3 Å². The highest BCUT2D eigenvalue weighted by atomic mass is 35.6. The number of cyclic esters (lactones) is 1. The minimum Gasteiger partial charge on any atom is -0.447 e. The van der Waals surface area contributed by atoms with Gasteiger partial charge in [-0.1, -0.05) is 106 Å². The summed E-state index contributed by atoms with van der Waals surface area (Å²) < 4.78 is 19.6. The van der Waals surface area contributed by atoms with Crippen molar-refractivity contribution in [1.29, 1.82) is 0 Å². The van der Waals surface area contributed by atoms with Crippen LogP contribution in [-0.4, -0.2) is 71.2 Å². The Kier molecular flexibility index (Phi) is 13.2. The number of allylic oxidation sites excluding steroid dienone is 1. The van der Waals surface area contributed by atoms with E-state index >= 15 is 0 Å². The Hall–Kier alpha value is -2.33. The summed E-state index contributed by atoms with van der Waals surface area (Å²) in [5.41, 5.74) is -0.301. The molecule has 0 bridgehead atoms. The molecule has 9 nitrogen and oxygen atoms in total. The van der Waals surface area contributed by atoms with Crippen LogP contribution in [0, 0.1) is 23.2 Å². The van der Waals surface area contributed by atoms with Gasteiger partial charge in [0.2, 0.25) is 9.70 Å². The largest absolute Gasteiger partial charge is 0.508 e. The summed E-state index contributed by atoms with van der Waals surface area (Å²) in [6.07, 6.45) is -1.18. The zero-order valence-corrected chi connectivity index (χ0v) is 27.1. The Morgan fingerprint density at radius 3 is 2.29 bits per heavy atom. The molecule has 1 heterocycles. The Morgan fingerprint density at radius 2 is 1.74 bits per heavy atom. The van der Waals surface area contributed by atoms with Crippen molar-refractivity contribution in [2.75, 3.05) is 20.3 Å². The highest BCUT2D eigenvalue weighted by Crippen LogP contribution is 2.37. The molecule has 1 aromatic carbocycles. The highest BCUT2D eigenvalue weighted by Gasteiger charge is 2.50. The van der Waals surface area contributed by atoms with Gasteiger partial charge in [0, 0.05) is 7.11 Å². The van der Waals surface area contributed by atoms with Gasteiger partial charge in [0.05, 0.1) is 29.4 Å². The Balaban J connectivity index is 2.26. The zero-order valence-electron chi connectivity index (χ0n) is 24.8. The summed E-state index contributed by atoms with van der Waals surface area (Å²) in [6.45, 7) is 11.6. The number of methoxy groups -OCH3 is 1. The fourth-order valence-corrected chi connectivity index (χ4v) is 5.67. The molecule has 1 fully saturated rings. The van der Waals surface area contributed by atoms with Gasteiger partial charge in [0.1, 0.15) is 25.1 Å². The second kappa shape index (κ2) is 15.4. The number of ether oxygens (including phenoxy) is 4. The minimum absolute atomic E-state index is 0.0672. The number of nitrogens with zero attached hydrogens (tertiary/aromatic N) is 1. The monoisotopic (exact) mass is 647 g/mol. The first-order valence-corrected chi connectivity index (χ1v) is 14.8. The van der Waals surface area contributed by atoms with E-state index in [4.69, 9.17) is 53.8 Å². The molecule has 2 amide bonds. The highest BCUT2D eigenvalue weighted by molar-refractivity contribution is 6.67. The molecule has 12 heteroatoms. The topological polar surface area (TPSA) is 108 Å². The number of halogens is 3. The van der Waals surface area contributed by atoms with Crippen molar-refractivity contribution in [3.8, 4) is 0 Å². The molecular formula is C30H40Cl3NO8. The number of ketones is 1. The molecule has 1 aliphatic heterocycles. The average molecular weight is 649 g/mol. The van der Waals surface area contributed by atoms with E-state index in [9.17, 15) is 19.2 Å². The van der Waals surface area contributed by atoms with E-state index in [1.807, 2.05) is 30.3 Å². The maximum atomic E-state index is 14.0. The second-order valence-corrected chi connectivity index (χ2v) is 13.7. The van der Waals surface area contributed by atoms with Crippen LogP contribution in [0.5, 0.6) is 0 Å². The maximum Gasteiger partial charge on any atom is 0.508 e. The van der Waals surface area contributed by atoms with Crippen molar-refractivity contribution in [1.82, 2.24) is 4.90 Å². The van der Waals surface area contributed by atoms with Gasteiger partial charge < -0.3 is 18.9 Å². The molecule has 1 aliphatic rings. The van der Waals surface area contributed by atoms with E-state index in [-0.39, 0.29) is 18.3 Å². The second-order valence-electron chi connectivity index (χ2n) is 11.2. The molecule has 1 saturated heterocycles. The van der Waals surface area contributed by atoms with Crippen molar-refractivity contribution in [2.24, 2.45) is 23.2 Å². The number of amides is 2. The van der Waals surface area contributed by atoms with Crippen LogP contribution >= 0.6 is 34.8 Å². The summed E-state index contributed by atoms with van der Waals surface area (Å²) >= 11 is 17.0. The lowest BCUT2D eigenvalue weighted by Gasteiger charge is -2.39. The Bertz CT molecular complexity index is 1110. The number of imide groups is 1. The van der Waals surface area contributed by atoms with Crippen LogP contribution in [0.3, 0.4) is 0 Å². The van der Waals surface area contributed by atoms with Crippen LogP contribution in [-0.2, 0) is 35.0 Å². The quantitative estimate of drug-likeness (QED) is 0.127. The van der Waals surface area contributed by atoms with E-state index in [2.05, 4.69) is 6.58 Å². The molecule has 6 atom stereocenters. The SMILES string of the molecule is C=CCC(C)C(OC(=O)OCC(Cl)(Cl)Cl)C(C)C(=O)C(C)(C)C(OC)C(C)C(=O)N1C(=O)OCC1Cc1ccccc1. The number of hydrogen-bond acceptors (Lipinski definition) is 8. The lowest BCUT2D eigenvalue weighted by Crippen LogP contribution is -2.53. The first-order chi connectivity index (χ1) is 19.5. The molecule has 234 valence electrons. The van der Waals surface area contributed by atoms with E-state index < -0.39 is 64.1 Å². The zero-order chi connectivity index (χ0) is 31.8. The van der Waals surface area contributed by atoms with Gasteiger partial charge in [-0.25, -0.2) is 14.5 Å². The number of hydrogen-bond donors (Lipinski definition) is 0. The minimum atomic E-state index is -1.83. The number of carbonyl (C=O) groups is 4. The standard InChI is InChI=1S/C30H40Cl3NO8/c1-8-12-18(2)23(42-28(38)41-17-30(31,32)33)19(3)24(35)29(5,6)25(39-7)20(4)26(36)34-22(16-40-27(34)37)15-21-13-10-9-11-14-21/h8-11,13-14,18-20,22-23,25H,1,12,15-17H2,2-7H3. The predicted molar refractivity (Wildman–Crippen MR) is 161 cm³/mol. The predicted octanol–water partition coefficient (Wildman–Crippen LogP) is 6.56. The van der Waals surface area contributed by atoms with Gasteiger partial charge in [-0.3, -0.25) is 9.59 Å². The first-order valence-electron chi connectivity index (χ1n) is 13.7. The molecule has 1 aromatic rings. The van der Waals surface area contributed by atoms with Crippen LogP contribution < -0.4 is 0 Å². The summed E-state index contributed by atoms with van der Waals surface area (Å²) in [6, 6.07) is 8.97. The fourth-order valence-electron chi connectivity index (χ4n) is 5.51. The van der Waals surface area contributed by atoms with Crippen molar-refractivity contribution >= 4 is 58.7 Å². The van der Waals surface area contributed by atoms with E-state index in [0.717, 1.165) is 10.5 Å². The lowest BCUT2D eigenvalue weighted by molar-refractivity contribution is -0.152. The van der Waals surface area contributed by atoms with Gasteiger partial charge >= 0.3 is 12.2 Å². The Labute approximate surface area is 262 Å². The molecule has 42 heavy (non-hydrogen) atoms. The number of Topliss-reactive ketones (excluding diaryl/α,β-unsaturated/α-hetero) is 1. The van der Waals surface area contributed by atoms with Crippen LogP contribution in [0.4, 0.5) is 9.59 Å². The average Bonchev–Trinajstić information content (AvgIpc) is 3.29. The first kappa shape index (κ1) is 35.9. The van der Waals surface area contributed by atoms with Crippen molar-refractivity contribution < 1.29 is 38.1 Å². The van der Waals surface area contributed by atoms with E-state index in [0.29, 0.717) is 12.8 Å². The molecule has 0 saturated carbocycles. The van der Waals surface area contributed by atoms with Crippen LogP contribution in [0.25, 0.3) is 0 Å². The number of carbonyl (C=O) groups excluding carboxylic acids is 4. The van der Waals surface area contributed by atoms with Gasteiger partial charge in [-0.2, -0.15) is 0 Å². The molecule has 0 radical (unpaired) electrons. The molecule has 0 aliphatic carbocycles. The smallest absolute Gasteiger partial charge is 0.447 e. The molecular weight excluding hydrogens is 609 g/mol. The summed E-state index contributed by atoms with van der Waals surface area (Å²) in [5, 5.41) is 0. The molecule has 2 rings (SSSR count). The third-order valence-corrected chi connectivity index (χ3v) is 7.88. The molecule has 0 spiro atoms. The third kappa shape index (κ3) is 9.33. The van der Waals surface area contributed by atoms with E-state index in [1.165, 1.54) is 7.11 Å². The van der Waals surface area contributed by atoms with Crippen molar-refractivity contribution in [2.45, 2.75) is 69.5 Å². The van der Waals surface area contributed by atoms with Gasteiger partial charge in [-0.15, -0.1) is 6.58 Å². The maximum absolute atomic E-state index is 14.0. The summed E-state index contributed by atoms with van der Waals surface area (Å²) in [7, 11) is 1.40. The number of benzene rings is 1. The summed E-state index contributed by atoms with van der Waals surface area (Å²) in [4.78, 5) is 53.9. The van der Waals surface area contributed by atoms with Gasteiger partial charge in [0.25, 0.3) is 0 Å². The number of alkyl halides is 3. The van der Waals surface area contributed by atoms with Crippen molar-refractivity contribution in [3.63, 3.8) is 0 Å². The summed E-state index contributed by atoms with van der Waals surface area (Å²) in [5.74, 6) is -2.91. The molecule has 0 aromatic heterocycles. The Morgan fingerprint density at radius 1 is 1.12 bits per heavy atom. The van der Waals surface area contributed by atoms with Crippen LogP contribution in [0.2, 0.25) is 0 Å². The molecule has 0 N–H and O–H groups in total. The molecule has 6 unspecified atom stereocenters.